The van der Waals surface area contributed by atoms with E-state index in [-0.39, 0.29) is 11.9 Å². The Kier molecular flexibility index (Phi) is 8.19. The molecule has 1 aliphatic rings. The Labute approximate surface area is 145 Å². The average Bonchev–Trinajstić information content (AvgIpc) is 3.30. The van der Waals surface area contributed by atoms with Crippen molar-refractivity contribution in [2.75, 3.05) is 13.2 Å². The van der Waals surface area contributed by atoms with Crippen LogP contribution in [0.1, 0.15) is 60.3 Å². The minimum Gasteiger partial charge on any atom is -0.462 e. The van der Waals surface area contributed by atoms with Crippen LogP contribution in [0, 0.1) is 0 Å². The first-order valence-electron chi connectivity index (χ1n) is 8.56. The molecule has 1 saturated heterocycles. The van der Waals surface area contributed by atoms with E-state index < -0.39 is 5.60 Å². The molecule has 0 amide bonds. The monoisotopic (exact) mass is 338 g/mol. The van der Waals surface area contributed by atoms with Gasteiger partial charge < -0.3 is 14.2 Å². The van der Waals surface area contributed by atoms with Gasteiger partial charge in [-0.25, -0.2) is 9.59 Å². The summed E-state index contributed by atoms with van der Waals surface area (Å²) in [6, 6.07) is 0. The number of hydrogen-bond donors (Lipinski definition) is 0. The summed E-state index contributed by atoms with van der Waals surface area (Å²) in [5, 5.41) is 0. The molecule has 5 heteroatoms. The fourth-order valence-electron chi connectivity index (χ4n) is 1.91. The van der Waals surface area contributed by atoms with Gasteiger partial charge in [-0.05, 0) is 53.9 Å². The van der Waals surface area contributed by atoms with E-state index in [0.717, 1.165) is 32.3 Å². The Morgan fingerprint density at radius 2 is 1.62 bits per heavy atom. The number of unbranched alkanes of at least 4 members (excludes halogenated alkanes) is 2. The summed E-state index contributed by atoms with van der Waals surface area (Å²) in [6.45, 7) is 10.1. The topological polar surface area (TPSA) is 65.1 Å². The fraction of sp³-hybridized carbons (Fsp3) is 0.684. The molecule has 0 N–H and O–H groups in total. The van der Waals surface area contributed by atoms with Crippen LogP contribution in [-0.4, -0.2) is 36.9 Å². The molecule has 24 heavy (non-hydrogen) atoms. The largest absolute Gasteiger partial charge is 0.462 e. The Balaban J connectivity index is 2.27. The molecule has 0 aromatic heterocycles. The SMILES string of the molecule is C/C(=C\C=C(/C)C(=O)OC(C)(C)C)C(=O)OCCCCCC1CO1. The van der Waals surface area contributed by atoms with Crippen molar-refractivity contribution in [2.24, 2.45) is 0 Å². The normalized spacial score (nSPS) is 18.3. The lowest BCUT2D eigenvalue weighted by atomic mass is 10.1. The van der Waals surface area contributed by atoms with Crippen molar-refractivity contribution >= 4 is 11.9 Å². The van der Waals surface area contributed by atoms with Crippen LogP contribution in [0.15, 0.2) is 23.3 Å². The van der Waals surface area contributed by atoms with Gasteiger partial charge in [-0.3, -0.25) is 0 Å². The second kappa shape index (κ2) is 9.62. The van der Waals surface area contributed by atoms with E-state index in [1.165, 1.54) is 0 Å². The molecule has 5 nitrogen and oxygen atoms in total. The Morgan fingerprint density at radius 1 is 1.04 bits per heavy atom. The number of allylic oxidation sites excluding steroid dienone is 2. The Hall–Kier alpha value is -1.62. The van der Waals surface area contributed by atoms with Gasteiger partial charge in [0, 0.05) is 11.1 Å². The minimum absolute atomic E-state index is 0.353. The van der Waals surface area contributed by atoms with Crippen LogP contribution in [0.5, 0.6) is 0 Å². The Morgan fingerprint density at radius 3 is 2.17 bits per heavy atom. The molecule has 1 heterocycles. The van der Waals surface area contributed by atoms with Gasteiger partial charge in [0.15, 0.2) is 0 Å². The number of carbonyl (C=O) groups excluding carboxylic acids is 2. The van der Waals surface area contributed by atoms with Gasteiger partial charge in [0.2, 0.25) is 0 Å². The lowest BCUT2D eigenvalue weighted by molar-refractivity contribution is -0.149. The highest BCUT2D eigenvalue weighted by Gasteiger charge is 2.21. The molecule has 0 bridgehead atoms. The van der Waals surface area contributed by atoms with Gasteiger partial charge in [-0.2, -0.15) is 0 Å². The maximum Gasteiger partial charge on any atom is 0.334 e. The van der Waals surface area contributed by atoms with Gasteiger partial charge in [0.1, 0.15) is 5.60 Å². The lowest BCUT2D eigenvalue weighted by Crippen LogP contribution is -2.24. The number of esters is 2. The van der Waals surface area contributed by atoms with E-state index in [1.54, 1.807) is 26.0 Å². The summed E-state index contributed by atoms with van der Waals surface area (Å²) >= 11 is 0. The van der Waals surface area contributed by atoms with Crippen LogP contribution < -0.4 is 0 Å². The predicted octanol–water partition coefficient (Wildman–Crippen LogP) is 3.72. The van der Waals surface area contributed by atoms with Crippen molar-refractivity contribution in [2.45, 2.75) is 72.0 Å². The van der Waals surface area contributed by atoms with Crippen molar-refractivity contribution in [3.8, 4) is 0 Å². The number of epoxide rings is 1. The third-order valence-electron chi connectivity index (χ3n) is 3.43. The molecule has 136 valence electrons. The first-order valence-corrected chi connectivity index (χ1v) is 8.56. The second-order valence-electron chi connectivity index (χ2n) is 7.14. The second-order valence-corrected chi connectivity index (χ2v) is 7.14. The summed E-state index contributed by atoms with van der Waals surface area (Å²) in [4.78, 5) is 23.7. The van der Waals surface area contributed by atoms with E-state index in [1.807, 2.05) is 20.8 Å². The summed E-state index contributed by atoms with van der Waals surface area (Å²) in [6.07, 6.45) is 7.74. The zero-order valence-corrected chi connectivity index (χ0v) is 15.5. The Bertz CT molecular complexity index is 492. The van der Waals surface area contributed by atoms with E-state index in [0.29, 0.717) is 23.9 Å². The maximum absolute atomic E-state index is 11.8. The molecular formula is C19H30O5. The molecule has 0 saturated carbocycles. The van der Waals surface area contributed by atoms with E-state index in [9.17, 15) is 9.59 Å². The molecule has 1 aliphatic heterocycles. The van der Waals surface area contributed by atoms with Gasteiger partial charge in [0.25, 0.3) is 0 Å². The standard InChI is InChI=1S/C19H30O5/c1-14(10-11-15(2)18(21)24-19(3,4)5)17(20)22-12-8-6-7-9-16-13-23-16/h10-11,16H,6-9,12-13H2,1-5H3/b14-10+,15-11+. The zero-order valence-electron chi connectivity index (χ0n) is 15.5. The third kappa shape index (κ3) is 9.50. The van der Waals surface area contributed by atoms with E-state index in [2.05, 4.69) is 0 Å². The minimum atomic E-state index is -0.532. The molecule has 0 radical (unpaired) electrons. The molecule has 1 atom stereocenters. The van der Waals surface area contributed by atoms with Crippen LogP contribution in [0.2, 0.25) is 0 Å². The van der Waals surface area contributed by atoms with Crippen LogP contribution in [-0.2, 0) is 23.8 Å². The van der Waals surface area contributed by atoms with Crippen LogP contribution in [0.3, 0.4) is 0 Å². The number of hydrogen-bond acceptors (Lipinski definition) is 5. The smallest absolute Gasteiger partial charge is 0.334 e. The summed E-state index contributed by atoms with van der Waals surface area (Å²) in [5.41, 5.74) is 0.374. The predicted molar refractivity (Wildman–Crippen MR) is 92.5 cm³/mol. The van der Waals surface area contributed by atoms with Crippen molar-refractivity contribution in [1.29, 1.82) is 0 Å². The van der Waals surface area contributed by atoms with Crippen molar-refractivity contribution < 1.29 is 23.8 Å². The van der Waals surface area contributed by atoms with Gasteiger partial charge in [0.05, 0.1) is 19.3 Å². The molecule has 1 fully saturated rings. The van der Waals surface area contributed by atoms with Crippen molar-refractivity contribution in [3.05, 3.63) is 23.3 Å². The van der Waals surface area contributed by atoms with Crippen LogP contribution in [0.4, 0.5) is 0 Å². The van der Waals surface area contributed by atoms with Crippen LogP contribution in [0.25, 0.3) is 0 Å². The molecule has 0 aromatic rings. The average molecular weight is 338 g/mol. The molecule has 1 rings (SSSR count). The molecule has 1 unspecified atom stereocenters. The van der Waals surface area contributed by atoms with Gasteiger partial charge >= 0.3 is 11.9 Å². The maximum atomic E-state index is 11.8. The number of ether oxygens (including phenoxy) is 3. The van der Waals surface area contributed by atoms with E-state index in [4.69, 9.17) is 14.2 Å². The molecule has 0 aliphatic carbocycles. The van der Waals surface area contributed by atoms with E-state index >= 15 is 0 Å². The van der Waals surface area contributed by atoms with Crippen molar-refractivity contribution in [3.63, 3.8) is 0 Å². The fourth-order valence-corrected chi connectivity index (χ4v) is 1.91. The molecule has 0 aromatic carbocycles. The molecular weight excluding hydrogens is 308 g/mol. The van der Waals surface area contributed by atoms with Crippen LogP contribution >= 0.6 is 0 Å². The summed E-state index contributed by atoms with van der Waals surface area (Å²) < 4.78 is 15.6. The highest BCUT2D eigenvalue weighted by Crippen LogP contribution is 2.17. The summed E-state index contributed by atoms with van der Waals surface area (Å²) in [7, 11) is 0. The number of carbonyl (C=O) groups is 2. The highest BCUT2D eigenvalue weighted by atomic mass is 16.6. The van der Waals surface area contributed by atoms with Crippen molar-refractivity contribution in [1.82, 2.24) is 0 Å². The highest BCUT2D eigenvalue weighted by molar-refractivity contribution is 5.90. The van der Waals surface area contributed by atoms with Gasteiger partial charge in [-0.1, -0.05) is 18.6 Å². The van der Waals surface area contributed by atoms with Gasteiger partial charge in [-0.15, -0.1) is 0 Å². The third-order valence-corrected chi connectivity index (χ3v) is 3.43. The first kappa shape index (κ1) is 20.4. The molecule has 0 spiro atoms. The first-order chi connectivity index (χ1) is 11.2. The number of rotatable bonds is 9. The lowest BCUT2D eigenvalue weighted by Gasteiger charge is -2.19. The zero-order chi connectivity index (χ0) is 18.2. The quantitative estimate of drug-likeness (QED) is 0.211. The summed E-state index contributed by atoms with van der Waals surface area (Å²) in [5.74, 6) is -0.742.